The van der Waals surface area contributed by atoms with E-state index < -0.39 is 0 Å². The molecule has 4 heteroatoms. The molecule has 1 rings (SSSR count). The maximum absolute atomic E-state index is 11.9. The predicted octanol–water partition coefficient (Wildman–Crippen LogP) is 1.89. The molecule has 0 aromatic rings. The van der Waals surface area contributed by atoms with Gasteiger partial charge < -0.3 is 4.90 Å². The van der Waals surface area contributed by atoms with Crippen molar-refractivity contribution in [2.45, 2.75) is 32.7 Å². The Hall–Kier alpha value is -0.220. The van der Waals surface area contributed by atoms with E-state index in [9.17, 15) is 4.79 Å². The molecular formula is C12H24N2OS. The van der Waals surface area contributed by atoms with E-state index in [0.717, 1.165) is 31.8 Å². The number of hydrogen-bond donors (Lipinski definition) is 0. The third-order valence-electron chi connectivity index (χ3n) is 3.26. The normalized spacial score (nSPS) is 19.1. The Morgan fingerprint density at radius 3 is 2.44 bits per heavy atom. The largest absolute Gasteiger partial charge is 0.342 e. The molecule has 1 saturated heterocycles. The van der Waals surface area contributed by atoms with Gasteiger partial charge in [-0.3, -0.25) is 9.69 Å². The van der Waals surface area contributed by atoms with Gasteiger partial charge in [-0.15, -0.1) is 11.8 Å². The molecule has 1 amide bonds. The molecule has 3 nitrogen and oxygen atoms in total. The first kappa shape index (κ1) is 13.8. The molecule has 0 unspecified atom stereocenters. The summed E-state index contributed by atoms with van der Waals surface area (Å²) < 4.78 is 0. The first-order chi connectivity index (χ1) is 7.56. The summed E-state index contributed by atoms with van der Waals surface area (Å²) >= 11 is 1.87. The summed E-state index contributed by atoms with van der Waals surface area (Å²) in [7, 11) is 1.96. The summed E-state index contributed by atoms with van der Waals surface area (Å²) in [4.78, 5) is 16.3. The van der Waals surface area contributed by atoms with Gasteiger partial charge in [-0.1, -0.05) is 13.8 Å². The van der Waals surface area contributed by atoms with E-state index in [1.165, 1.54) is 0 Å². The van der Waals surface area contributed by atoms with Gasteiger partial charge in [-0.2, -0.15) is 0 Å². The van der Waals surface area contributed by atoms with Crippen molar-refractivity contribution in [2.24, 2.45) is 5.92 Å². The molecular weight excluding hydrogens is 220 g/mol. The van der Waals surface area contributed by atoms with Crippen molar-refractivity contribution in [3.8, 4) is 0 Å². The SMILES string of the molecule is CSCN1CCC(N(C)C(=O)C(C)C)CC1. The summed E-state index contributed by atoms with van der Waals surface area (Å²) in [6, 6.07) is 0.452. The van der Waals surface area contributed by atoms with Gasteiger partial charge in [0.25, 0.3) is 0 Å². The zero-order valence-corrected chi connectivity index (χ0v) is 11.7. The molecule has 1 heterocycles. The Balaban J connectivity index is 2.38. The van der Waals surface area contributed by atoms with E-state index in [0.29, 0.717) is 6.04 Å². The predicted molar refractivity (Wildman–Crippen MR) is 70.6 cm³/mol. The smallest absolute Gasteiger partial charge is 0.225 e. The lowest BCUT2D eigenvalue weighted by atomic mass is 10.0. The molecule has 0 N–H and O–H groups in total. The summed E-state index contributed by atoms with van der Waals surface area (Å²) in [5.74, 6) is 1.52. The monoisotopic (exact) mass is 244 g/mol. The highest BCUT2D eigenvalue weighted by molar-refractivity contribution is 7.98. The molecule has 1 fully saturated rings. The van der Waals surface area contributed by atoms with Crippen LogP contribution in [0, 0.1) is 5.92 Å². The summed E-state index contributed by atoms with van der Waals surface area (Å²) in [5.41, 5.74) is 0. The Bertz CT molecular complexity index is 225. The van der Waals surface area contributed by atoms with E-state index in [-0.39, 0.29) is 11.8 Å². The number of likely N-dealkylation sites (tertiary alicyclic amines) is 1. The van der Waals surface area contributed by atoms with Crippen LogP contribution in [0.25, 0.3) is 0 Å². The van der Waals surface area contributed by atoms with Crippen molar-refractivity contribution in [1.82, 2.24) is 9.80 Å². The van der Waals surface area contributed by atoms with Crippen molar-refractivity contribution in [3.63, 3.8) is 0 Å². The molecule has 94 valence electrons. The minimum Gasteiger partial charge on any atom is -0.342 e. The molecule has 0 aliphatic carbocycles. The average molecular weight is 244 g/mol. The first-order valence-corrected chi connectivity index (χ1v) is 7.43. The zero-order valence-electron chi connectivity index (χ0n) is 10.9. The van der Waals surface area contributed by atoms with Crippen LogP contribution in [-0.4, -0.2) is 54.0 Å². The molecule has 0 radical (unpaired) electrons. The molecule has 0 aromatic carbocycles. The Morgan fingerprint density at radius 2 is 2.00 bits per heavy atom. The number of hydrogen-bond acceptors (Lipinski definition) is 3. The van der Waals surface area contributed by atoms with Crippen LogP contribution in [0.2, 0.25) is 0 Å². The number of carbonyl (C=O) groups is 1. The van der Waals surface area contributed by atoms with E-state index in [4.69, 9.17) is 0 Å². The second kappa shape index (κ2) is 6.50. The van der Waals surface area contributed by atoms with Crippen LogP contribution in [-0.2, 0) is 4.79 Å². The third kappa shape index (κ3) is 3.67. The zero-order chi connectivity index (χ0) is 12.1. The van der Waals surface area contributed by atoms with Gasteiger partial charge >= 0.3 is 0 Å². The van der Waals surface area contributed by atoms with E-state index in [1.807, 2.05) is 37.6 Å². The fourth-order valence-electron chi connectivity index (χ4n) is 2.21. The number of carbonyl (C=O) groups excluding carboxylic acids is 1. The van der Waals surface area contributed by atoms with Crippen molar-refractivity contribution >= 4 is 17.7 Å². The maximum Gasteiger partial charge on any atom is 0.225 e. The molecule has 0 aromatic heterocycles. The van der Waals surface area contributed by atoms with Crippen LogP contribution >= 0.6 is 11.8 Å². The second-order valence-corrected chi connectivity index (χ2v) is 5.71. The van der Waals surface area contributed by atoms with Gasteiger partial charge in [0.15, 0.2) is 0 Å². The highest BCUT2D eigenvalue weighted by atomic mass is 32.2. The molecule has 0 spiro atoms. The quantitative estimate of drug-likeness (QED) is 0.754. The van der Waals surface area contributed by atoms with E-state index in [1.54, 1.807) is 0 Å². The van der Waals surface area contributed by atoms with Crippen LogP contribution in [0.1, 0.15) is 26.7 Å². The van der Waals surface area contributed by atoms with Crippen LogP contribution in [0.3, 0.4) is 0 Å². The highest BCUT2D eigenvalue weighted by Gasteiger charge is 2.25. The van der Waals surface area contributed by atoms with Gasteiger partial charge in [-0.05, 0) is 19.1 Å². The van der Waals surface area contributed by atoms with E-state index >= 15 is 0 Å². The van der Waals surface area contributed by atoms with Gasteiger partial charge in [0.05, 0.1) is 0 Å². The fourth-order valence-corrected chi connectivity index (χ4v) is 2.83. The Kier molecular flexibility index (Phi) is 5.62. The highest BCUT2D eigenvalue weighted by Crippen LogP contribution is 2.18. The fraction of sp³-hybridized carbons (Fsp3) is 0.917. The molecule has 16 heavy (non-hydrogen) atoms. The van der Waals surface area contributed by atoms with Crippen LogP contribution < -0.4 is 0 Å². The first-order valence-electron chi connectivity index (χ1n) is 6.04. The van der Waals surface area contributed by atoms with Crippen molar-refractivity contribution in [3.05, 3.63) is 0 Å². The topological polar surface area (TPSA) is 23.6 Å². The number of amides is 1. The minimum atomic E-state index is 0.120. The third-order valence-corrected chi connectivity index (χ3v) is 3.88. The molecule has 0 saturated carbocycles. The number of nitrogens with zero attached hydrogens (tertiary/aromatic N) is 2. The van der Waals surface area contributed by atoms with Gasteiger partial charge in [-0.25, -0.2) is 0 Å². The number of rotatable bonds is 4. The summed E-state index contributed by atoms with van der Waals surface area (Å²) in [5, 5.41) is 0. The molecule has 0 bridgehead atoms. The lowest BCUT2D eigenvalue weighted by molar-refractivity contribution is -0.136. The van der Waals surface area contributed by atoms with Crippen molar-refractivity contribution < 1.29 is 4.79 Å². The number of piperidine rings is 1. The van der Waals surface area contributed by atoms with Crippen LogP contribution in [0.5, 0.6) is 0 Å². The van der Waals surface area contributed by atoms with Crippen LogP contribution in [0.4, 0.5) is 0 Å². The Morgan fingerprint density at radius 1 is 1.44 bits per heavy atom. The molecule has 0 atom stereocenters. The average Bonchev–Trinajstić information content (AvgIpc) is 2.28. The standard InChI is InChI=1S/C12H24N2OS/c1-10(2)12(15)13(3)11-5-7-14(8-6-11)9-16-4/h10-11H,5-9H2,1-4H3. The van der Waals surface area contributed by atoms with Gasteiger partial charge in [0, 0.05) is 38.0 Å². The van der Waals surface area contributed by atoms with Crippen LogP contribution in [0.15, 0.2) is 0 Å². The molecule has 1 aliphatic rings. The Labute approximate surface area is 104 Å². The van der Waals surface area contributed by atoms with Gasteiger partial charge in [0.2, 0.25) is 5.91 Å². The summed E-state index contributed by atoms with van der Waals surface area (Å²) in [6.45, 7) is 6.20. The van der Waals surface area contributed by atoms with E-state index in [2.05, 4.69) is 11.2 Å². The minimum absolute atomic E-state index is 0.120. The number of thioether (sulfide) groups is 1. The van der Waals surface area contributed by atoms with Crippen molar-refractivity contribution in [2.75, 3.05) is 32.3 Å². The van der Waals surface area contributed by atoms with Gasteiger partial charge in [0.1, 0.15) is 0 Å². The lowest BCUT2D eigenvalue weighted by Crippen LogP contribution is -2.46. The maximum atomic E-state index is 11.9. The summed E-state index contributed by atoms with van der Waals surface area (Å²) in [6.07, 6.45) is 4.38. The lowest BCUT2D eigenvalue weighted by Gasteiger charge is -2.37. The second-order valence-electron chi connectivity index (χ2n) is 4.87. The molecule has 1 aliphatic heterocycles. The van der Waals surface area contributed by atoms with Crippen molar-refractivity contribution in [1.29, 1.82) is 0 Å².